The molecular weight excluding hydrogens is 263 g/mol. The Balaban J connectivity index is 2.10. The van der Waals surface area contributed by atoms with Gasteiger partial charge in [0.25, 0.3) is 5.91 Å². The molecule has 0 aliphatic carbocycles. The van der Waals surface area contributed by atoms with E-state index in [9.17, 15) is 14.3 Å². The van der Waals surface area contributed by atoms with Crippen LogP contribution < -0.4 is 11.1 Å². The highest BCUT2D eigenvalue weighted by Gasteiger charge is 2.12. The van der Waals surface area contributed by atoms with E-state index in [1.807, 2.05) is 0 Å². The molecule has 6 heteroatoms. The fourth-order valence-corrected chi connectivity index (χ4v) is 1.71. The van der Waals surface area contributed by atoms with Crippen molar-refractivity contribution in [3.63, 3.8) is 0 Å². The maximum Gasteiger partial charge on any atom is 0.254 e. The van der Waals surface area contributed by atoms with Crippen molar-refractivity contribution in [1.82, 2.24) is 5.32 Å². The SMILES string of the molecule is Nc1ccc(O)c(CNC(=O)c2ccc(O)cc2F)c1. The van der Waals surface area contributed by atoms with Crippen molar-refractivity contribution in [3.8, 4) is 11.5 Å². The zero-order valence-corrected chi connectivity index (χ0v) is 10.4. The van der Waals surface area contributed by atoms with E-state index in [1.54, 1.807) is 0 Å². The van der Waals surface area contributed by atoms with Gasteiger partial charge in [0.05, 0.1) is 5.56 Å². The Morgan fingerprint density at radius 1 is 1.20 bits per heavy atom. The second kappa shape index (κ2) is 5.48. The number of hydrogen-bond donors (Lipinski definition) is 4. The van der Waals surface area contributed by atoms with E-state index in [0.717, 1.165) is 6.07 Å². The number of phenolic OH excluding ortho intramolecular Hbond substituents is 2. The van der Waals surface area contributed by atoms with Gasteiger partial charge in [-0.1, -0.05) is 0 Å². The van der Waals surface area contributed by atoms with Crippen molar-refractivity contribution in [2.24, 2.45) is 0 Å². The van der Waals surface area contributed by atoms with Gasteiger partial charge in [-0.25, -0.2) is 4.39 Å². The predicted molar refractivity (Wildman–Crippen MR) is 71.8 cm³/mol. The minimum absolute atomic E-state index is 0.00863. The van der Waals surface area contributed by atoms with Gasteiger partial charge >= 0.3 is 0 Å². The molecule has 2 rings (SSSR count). The first-order valence-corrected chi connectivity index (χ1v) is 5.81. The van der Waals surface area contributed by atoms with Crippen LogP contribution in [-0.2, 0) is 6.54 Å². The lowest BCUT2D eigenvalue weighted by molar-refractivity contribution is 0.0946. The van der Waals surface area contributed by atoms with Crippen molar-refractivity contribution in [2.75, 3.05) is 5.73 Å². The van der Waals surface area contributed by atoms with Crippen LogP contribution in [0.3, 0.4) is 0 Å². The fraction of sp³-hybridized carbons (Fsp3) is 0.0714. The molecule has 0 aliphatic heterocycles. The molecule has 0 fully saturated rings. The van der Waals surface area contributed by atoms with Crippen LogP contribution in [0.15, 0.2) is 36.4 Å². The van der Waals surface area contributed by atoms with Gasteiger partial charge in [0, 0.05) is 23.9 Å². The molecule has 1 amide bonds. The van der Waals surface area contributed by atoms with Crippen LogP contribution in [0, 0.1) is 5.82 Å². The molecule has 0 spiro atoms. The van der Waals surface area contributed by atoms with Crippen LogP contribution >= 0.6 is 0 Å². The second-order valence-corrected chi connectivity index (χ2v) is 4.23. The minimum atomic E-state index is -0.820. The lowest BCUT2D eigenvalue weighted by Gasteiger charge is -2.08. The predicted octanol–water partition coefficient (Wildman–Crippen LogP) is 1.75. The van der Waals surface area contributed by atoms with Crippen molar-refractivity contribution in [3.05, 3.63) is 53.3 Å². The number of halogens is 1. The third kappa shape index (κ3) is 2.97. The smallest absolute Gasteiger partial charge is 0.254 e. The largest absolute Gasteiger partial charge is 0.508 e. The van der Waals surface area contributed by atoms with Gasteiger partial charge in [-0.3, -0.25) is 4.79 Å². The summed E-state index contributed by atoms with van der Waals surface area (Å²) >= 11 is 0. The van der Waals surface area contributed by atoms with E-state index in [-0.39, 0.29) is 23.6 Å². The molecule has 0 aliphatic rings. The molecule has 5 nitrogen and oxygen atoms in total. The first-order valence-electron chi connectivity index (χ1n) is 5.81. The number of nitrogens with two attached hydrogens (primary N) is 1. The summed E-state index contributed by atoms with van der Waals surface area (Å²) in [5.74, 6) is -1.73. The first kappa shape index (κ1) is 13.7. The Kier molecular flexibility index (Phi) is 3.74. The molecule has 5 N–H and O–H groups in total. The van der Waals surface area contributed by atoms with E-state index in [4.69, 9.17) is 10.8 Å². The second-order valence-electron chi connectivity index (χ2n) is 4.23. The zero-order chi connectivity index (χ0) is 14.7. The number of phenols is 2. The van der Waals surface area contributed by atoms with Crippen LogP contribution in [0.5, 0.6) is 11.5 Å². The van der Waals surface area contributed by atoms with Crippen molar-refractivity contribution in [2.45, 2.75) is 6.54 Å². The molecular formula is C14H13FN2O3. The van der Waals surface area contributed by atoms with E-state index in [2.05, 4.69) is 5.32 Å². The van der Waals surface area contributed by atoms with Gasteiger partial charge in [-0.05, 0) is 30.3 Å². The van der Waals surface area contributed by atoms with E-state index >= 15 is 0 Å². The summed E-state index contributed by atoms with van der Waals surface area (Å²) in [4.78, 5) is 11.8. The van der Waals surface area contributed by atoms with Crippen LogP contribution in [0.1, 0.15) is 15.9 Å². The van der Waals surface area contributed by atoms with Crippen LogP contribution in [-0.4, -0.2) is 16.1 Å². The topological polar surface area (TPSA) is 95.6 Å². The Bertz CT molecular complexity index is 659. The lowest BCUT2D eigenvalue weighted by atomic mass is 10.1. The molecule has 0 radical (unpaired) electrons. The van der Waals surface area contributed by atoms with Crippen LogP contribution in [0.25, 0.3) is 0 Å². The summed E-state index contributed by atoms with van der Waals surface area (Å²) < 4.78 is 13.5. The number of nitrogens with one attached hydrogen (secondary N) is 1. The quantitative estimate of drug-likeness (QED) is 0.507. The highest BCUT2D eigenvalue weighted by atomic mass is 19.1. The summed E-state index contributed by atoms with van der Waals surface area (Å²) in [6.45, 7) is 0.00994. The van der Waals surface area contributed by atoms with Gasteiger partial charge in [-0.2, -0.15) is 0 Å². The number of rotatable bonds is 3. The number of anilines is 1. The maximum atomic E-state index is 13.5. The Labute approximate surface area is 114 Å². The maximum absolute atomic E-state index is 13.5. The number of carbonyl (C=O) groups is 1. The normalized spacial score (nSPS) is 10.2. The minimum Gasteiger partial charge on any atom is -0.508 e. The van der Waals surface area contributed by atoms with Crippen LogP contribution in [0.4, 0.5) is 10.1 Å². The number of nitrogen functional groups attached to an aromatic ring is 1. The van der Waals surface area contributed by atoms with Crippen molar-refractivity contribution in [1.29, 1.82) is 0 Å². The number of amides is 1. The Morgan fingerprint density at radius 3 is 2.65 bits per heavy atom. The van der Waals surface area contributed by atoms with Gasteiger partial charge in [0.15, 0.2) is 0 Å². The summed E-state index contributed by atoms with van der Waals surface area (Å²) in [5.41, 5.74) is 6.26. The zero-order valence-electron chi connectivity index (χ0n) is 10.4. The fourth-order valence-electron chi connectivity index (χ4n) is 1.71. The Morgan fingerprint density at radius 2 is 1.95 bits per heavy atom. The van der Waals surface area contributed by atoms with Crippen molar-refractivity contribution < 1.29 is 19.4 Å². The van der Waals surface area contributed by atoms with Crippen molar-refractivity contribution >= 4 is 11.6 Å². The number of aromatic hydroxyl groups is 2. The average molecular weight is 276 g/mol. The summed E-state index contributed by atoms with van der Waals surface area (Å²) in [6, 6.07) is 7.71. The number of hydrogen-bond acceptors (Lipinski definition) is 4. The molecule has 2 aromatic carbocycles. The van der Waals surface area contributed by atoms with E-state index in [1.165, 1.54) is 30.3 Å². The number of benzene rings is 2. The average Bonchev–Trinajstić information content (AvgIpc) is 2.39. The molecule has 0 unspecified atom stereocenters. The van der Waals surface area contributed by atoms with Gasteiger partial charge in [0.1, 0.15) is 17.3 Å². The summed E-state index contributed by atoms with van der Waals surface area (Å²) in [6.07, 6.45) is 0. The third-order valence-corrected chi connectivity index (χ3v) is 2.74. The van der Waals surface area contributed by atoms with Gasteiger partial charge in [-0.15, -0.1) is 0 Å². The molecule has 0 saturated carbocycles. The Hall–Kier alpha value is -2.76. The standard InChI is InChI=1S/C14H13FN2O3/c15-12-6-10(18)2-3-11(12)14(20)17-7-8-5-9(16)1-4-13(8)19/h1-6,18-19H,7,16H2,(H,17,20). The molecule has 0 saturated heterocycles. The summed E-state index contributed by atoms with van der Waals surface area (Å²) in [5, 5.41) is 21.1. The van der Waals surface area contributed by atoms with Crippen LogP contribution in [0.2, 0.25) is 0 Å². The number of carbonyl (C=O) groups excluding carboxylic acids is 1. The van der Waals surface area contributed by atoms with E-state index in [0.29, 0.717) is 11.3 Å². The van der Waals surface area contributed by atoms with E-state index < -0.39 is 11.7 Å². The molecule has 104 valence electrons. The molecule has 0 aromatic heterocycles. The molecule has 20 heavy (non-hydrogen) atoms. The first-order chi connectivity index (χ1) is 9.47. The monoisotopic (exact) mass is 276 g/mol. The molecule has 0 atom stereocenters. The highest BCUT2D eigenvalue weighted by molar-refractivity contribution is 5.94. The third-order valence-electron chi connectivity index (χ3n) is 2.74. The molecule has 0 bridgehead atoms. The lowest BCUT2D eigenvalue weighted by Crippen LogP contribution is -2.23. The molecule has 0 heterocycles. The van der Waals surface area contributed by atoms with Gasteiger partial charge in [0.2, 0.25) is 0 Å². The van der Waals surface area contributed by atoms with Gasteiger partial charge < -0.3 is 21.3 Å². The molecule has 2 aromatic rings. The highest BCUT2D eigenvalue weighted by Crippen LogP contribution is 2.20. The summed E-state index contributed by atoms with van der Waals surface area (Å²) in [7, 11) is 0.